The summed E-state index contributed by atoms with van der Waals surface area (Å²) < 4.78 is 32.5. The third-order valence-electron chi connectivity index (χ3n) is 11.1. The second-order valence-electron chi connectivity index (χ2n) is 15.1. The molecule has 0 bridgehead atoms. The van der Waals surface area contributed by atoms with E-state index >= 15 is 0 Å². The molecule has 3 heterocycles. The molecule has 6 aromatic rings. The fraction of sp³-hybridized carbons (Fsp3) is 0.208. The lowest BCUT2D eigenvalue weighted by Gasteiger charge is -2.37. The third-order valence-corrected chi connectivity index (χ3v) is 11.9. The number of carboxylic acid groups (broad SMARTS) is 1. The molecule has 0 saturated heterocycles. The number of aromatic nitrogens is 1. The van der Waals surface area contributed by atoms with Crippen LogP contribution in [0, 0.1) is 19.7 Å². The average molecular weight is 861 g/mol. The second-order valence-corrected chi connectivity index (χ2v) is 15.9. The number of aliphatic carboxylic acids is 1. The number of benzene rings is 5. The van der Waals surface area contributed by atoms with Gasteiger partial charge in [0.05, 0.1) is 10.0 Å². The number of carbonyl (C=O) groups is 3. The Morgan fingerprint density at radius 1 is 0.885 bits per heavy atom. The van der Waals surface area contributed by atoms with Gasteiger partial charge in [0, 0.05) is 36.8 Å². The SMILES string of the molecule is Cc1nccc(-c2ccc(CC(NC(=O)[C@@H]3Cc4cc5c(cc4CN3C(=O)c3ccc(F)cc3)O[C@@H](c3ccc(OCc4ccc(Cl)c(Cl)c4)cc3)CO5)C(=O)O)cc2)c1C. The lowest BCUT2D eigenvalue weighted by Crippen LogP contribution is -2.56. The van der Waals surface area contributed by atoms with Crippen LogP contribution in [0.5, 0.6) is 17.2 Å². The quantitative estimate of drug-likeness (QED) is 0.132. The summed E-state index contributed by atoms with van der Waals surface area (Å²) in [6.45, 7) is 4.48. The topological polar surface area (TPSA) is 127 Å². The Labute approximate surface area is 361 Å². The molecule has 10 nitrogen and oxygen atoms in total. The van der Waals surface area contributed by atoms with Crippen molar-refractivity contribution in [2.45, 2.75) is 58.0 Å². The van der Waals surface area contributed by atoms with Gasteiger partial charge in [-0.25, -0.2) is 9.18 Å². The van der Waals surface area contributed by atoms with Crippen molar-refractivity contribution in [3.05, 3.63) is 176 Å². The Morgan fingerprint density at radius 3 is 2.33 bits per heavy atom. The predicted molar refractivity (Wildman–Crippen MR) is 229 cm³/mol. The Bertz CT molecular complexity index is 2620. The van der Waals surface area contributed by atoms with Gasteiger partial charge in [-0.3, -0.25) is 14.6 Å². The van der Waals surface area contributed by atoms with E-state index < -0.39 is 41.8 Å². The molecule has 0 spiro atoms. The van der Waals surface area contributed by atoms with Crippen molar-refractivity contribution < 1.29 is 38.1 Å². The molecular weight excluding hydrogens is 820 g/mol. The van der Waals surface area contributed by atoms with Crippen molar-refractivity contribution in [2.24, 2.45) is 0 Å². The van der Waals surface area contributed by atoms with Gasteiger partial charge in [0.2, 0.25) is 5.91 Å². The van der Waals surface area contributed by atoms with E-state index in [0.717, 1.165) is 44.6 Å². The molecule has 0 saturated carbocycles. The molecule has 2 N–H and O–H groups in total. The summed E-state index contributed by atoms with van der Waals surface area (Å²) in [5.74, 6) is -1.26. The van der Waals surface area contributed by atoms with Crippen LogP contribution < -0.4 is 19.5 Å². The maximum Gasteiger partial charge on any atom is 0.326 e. The van der Waals surface area contributed by atoms with Crippen LogP contribution >= 0.6 is 23.2 Å². The minimum Gasteiger partial charge on any atom is -0.489 e. The van der Waals surface area contributed by atoms with Crippen LogP contribution in [0.4, 0.5) is 4.39 Å². The summed E-state index contributed by atoms with van der Waals surface area (Å²) in [7, 11) is 0. The third kappa shape index (κ3) is 9.18. The number of hydrogen-bond donors (Lipinski definition) is 2. The highest BCUT2D eigenvalue weighted by Gasteiger charge is 2.38. The lowest BCUT2D eigenvalue weighted by atomic mass is 9.91. The predicted octanol–water partition coefficient (Wildman–Crippen LogP) is 9.28. The van der Waals surface area contributed by atoms with E-state index in [1.54, 1.807) is 18.3 Å². The van der Waals surface area contributed by atoms with E-state index in [9.17, 15) is 23.9 Å². The minimum absolute atomic E-state index is 0.00288. The van der Waals surface area contributed by atoms with Gasteiger partial charge in [0.1, 0.15) is 36.9 Å². The van der Waals surface area contributed by atoms with E-state index in [4.69, 9.17) is 37.4 Å². The number of halogens is 3. The minimum atomic E-state index is -1.28. The molecule has 0 fully saturated rings. The van der Waals surface area contributed by atoms with Gasteiger partial charge in [-0.05, 0) is 125 Å². The summed E-state index contributed by atoms with van der Waals surface area (Å²) in [5, 5.41) is 13.9. The first kappa shape index (κ1) is 41.3. The Morgan fingerprint density at radius 2 is 1.61 bits per heavy atom. The Balaban J connectivity index is 0.989. The molecule has 2 aliphatic heterocycles. The number of carboxylic acids is 1. The van der Waals surface area contributed by atoms with Crippen LogP contribution in [0.1, 0.15) is 55.5 Å². The number of rotatable bonds is 11. The molecule has 1 aromatic heterocycles. The fourth-order valence-corrected chi connectivity index (χ4v) is 7.89. The number of ether oxygens (including phenoxy) is 3. The van der Waals surface area contributed by atoms with Gasteiger partial charge in [-0.15, -0.1) is 0 Å². The molecule has 13 heteroatoms. The number of hydrogen-bond acceptors (Lipinski definition) is 7. The summed E-state index contributed by atoms with van der Waals surface area (Å²) in [5.41, 5.74) is 8.05. The highest BCUT2D eigenvalue weighted by Crippen LogP contribution is 2.41. The number of carbonyl (C=O) groups excluding carboxylic acids is 2. The number of amides is 2. The van der Waals surface area contributed by atoms with Crippen LogP contribution in [0.15, 0.2) is 115 Å². The van der Waals surface area contributed by atoms with E-state index in [2.05, 4.69) is 10.3 Å². The molecule has 8 rings (SSSR count). The summed E-state index contributed by atoms with van der Waals surface area (Å²) in [6, 6.07) is 28.6. The molecular formula is C48H40Cl2FN3O7. The summed E-state index contributed by atoms with van der Waals surface area (Å²) in [4.78, 5) is 46.6. The first-order chi connectivity index (χ1) is 29.4. The van der Waals surface area contributed by atoms with E-state index in [0.29, 0.717) is 39.5 Å². The van der Waals surface area contributed by atoms with Gasteiger partial charge in [-0.2, -0.15) is 0 Å². The van der Waals surface area contributed by atoms with Crippen LogP contribution in [0.3, 0.4) is 0 Å². The van der Waals surface area contributed by atoms with E-state index in [-0.39, 0.29) is 31.6 Å². The number of nitrogens with one attached hydrogen (secondary N) is 1. The molecule has 5 aromatic carbocycles. The lowest BCUT2D eigenvalue weighted by molar-refractivity contribution is -0.142. The van der Waals surface area contributed by atoms with E-state index in [1.165, 1.54) is 29.2 Å². The monoisotopic (exact) mass is 859 g/mol. The normalized spacial score (nSPS) is 16.0. The standard InChI is InChI=1S/C48H40Cl2FN3O7/c1-27-28(2)52-18-17-38(27)31-6-3-29(4-7-31)20-41(48(57)58)53-46(55)42-21-34-22-43-44(23-35(34)24-54(42)47(56)33-8-12-36(51)13-9-33)61-45(26-60-43)32-10-14-37(15-11-32)59-25-30-5-16-39(49)40(50)19-30/h3-19,22-23,41-42,45H,20-21,24-26H2,1-2H3,(H,53,55)(H,57,58)/t41?,42-,45+/m0/s1. The van der Waals surface area contributed by atoms with Crippen LogP contribution in [0.25, 0.3) is 11.1 Å². The summed E-state index contributed by atoms with van der Waals surface area (Å²) in [6.07, 6.45) is 1.39. The van der Waals surface area contributed by atoms with Crippen LogP contribution in [-0.4, -0.2) is 51.5 Å². The number of aryl methyl sites for hydroxylation is 1. The van der Waals surface area contributed by atoms with Crippen molar-refractivity contribution in [3.8, 4) is 28.4 Å². The van der Waals surface area contributed by atoms with Gasteiger partial charge in [-0.1, -0.05) is 65.7 Å². The molecule has 2 amide bonds. The van der Waals surface area contributed by atoms with E-state index in [1.807, 2.05) is 86.6 Å². The molecule has 61 heavy (non-hydrogen) atoms. The summed E-state index contributed by atoms with van der Waals surface area (Å²) >= 11 is 12.2. The van der Waals surface area contributed by atoms with Crippen LogP contribution in [-0.2, 0) is 35.6 Å². The first-order valence-electron chi connectivity index (χ1n) is 19.6. The van der Waals surface area contributed by atoms with Crippen molar-refractivity contribution in [1.82, 2.24) is 15.2 Å². The molecule has 1 unspecified atom stereocenters. The highest BCUT2D eigenvalue weighted by atomic mass is 35.5. The number of fused-ring (bicyclic) bond motifs is 2. The number of nitrogens with zero attached hydrogens (tertiary/aromatic N) is 2. The maximum absolute atomic E-state index is 14.2. The number of pyridine rings is 1. The van der Waals surface area contributed by atoms with Gasteiger partial charge >= 0.3 is 5.97 Å². The average Bonchev–Trinajstić information content (AvgIpc) is 3.26. The first-order valence-corrected chi connectivity index (χ1v) is 20.4. The molecule has 310 valence electrons. The zero-order valence-corrected chi connectivity index (χ0v) is 34.7. The van der Waals surface area contributed by atoms with Crippen LogP contribution in [0.2, 0.25) is 10.0 Å². The Hall–Kier alpha value is -6.43. The highest BCUT2D eigenvalue weighted by molar-refractivity contribution is 6.42. The zero-order valence-electron chi connectivity index (χ0n) is 33.2. The van der Waals surface area contributed by atoms with Gasteiger partial charge in [0.15, 0.2) is 17.6 Å². The molecule has 3 atom stereocenters. The largest absolute Gasteiger partial charge is 0.489 e. The van der Waals surface area contributed by atoms with Crippen molar-refractivity contribution in [1.29, 1.82) is 0 Å². The smallest absolute Gasteiger partial charge is 0.326 e. The zero-order chi connectivity index (χ0) is 42.8. The van der Waals surface area contributed by atoms with Crippen molar-refractivity contribution >= 4 is 41.0 Å². The second kappa shape index (κ2) is 17.7. The van der Waals surface area contributed by atoms with Crippen molar-refractivity contribution in [2.75, 3.05) is 6.61 Å². The maximum atomic E-state index is 14.2. The van der Waals surface area contributed by atoms with Gasteiger partial charge < -0.3 is 29.5 Å². The molecule has 0 radical (unpaired) electrons. The van der Waals surface area contributed by atoms with Gasteiger partial charge in [0.25, 0.3) is 5.91 Å². The molecule has 0 aliphatic carbocycles. The van der Waals surface area contributed by atoms with Crippen molar-refractivity contribution in [3.63, 3.8) is 0 Å². The fourth-order valence-electron chi connectivity index (χ4n) is 7.57. The Kier molecular flexibility index (Phi) is 12.0. The molecule has 2 aliphatic rings.